The lowest BCUT2D eigenvalue weighted by molar-refractivity contribution is -0.144. The van der Waals surface area contributed by atoms with Crippen molar-refractivity contribution in [1.29, 1.82) is 0 Å². The monoisotopic (exact) mass is 297 g/mol. The molecule has 2 aliphatic carbocycles. The molecule has 0 aromatic rings. The molecule has 21 heavy (non-hydrogen) atoms. The van der Waals surface area contributed by atoms with Gasteiger partial charge in [-0.15, -0.1) is 0 Å². The summed E-state index contributed by atoms with van der Waals surface area (Å²) in [5, 5.41) is 12.2. The summed E-state index contributed by atoms with van der Waals surface area (Å²) in [6.07, 6.45) is 5.94. The van der Waals surface area contributed by atoms with E-state index in [2.05, 4.69) is 5.32 Å². The molecule has 2 saturated carbocycles. The highest BCUT2D eigenvalue weighted by atomic mass is 16.6. The zero-order valence-corrected chi connectivity index (χ0v) is 13.3. The second-order valence-corrected chi connectivity index (χ2v) is 7.65. The van der Waals surface area contributed by atoms with Gasteiger partial charge in [-0.2, -0.15) is 0 Å². The third kappa shape index (κ3) is 4.61. The number of alkyl carbamates (subject to hydrolysis) is 1. The van der Waals surface area contributed by atoms with Crippen LogP contribution in [-0.4, -0.2) is 28.8 Å². The van der Waals surface area contributed by atoms with Crippen molar-refractivity contribution < 1.29 is 19.4 Å². The van der Waals surface area contributed by atoms with E-state index < -0.39 is 17.0 Å². The zero-order valence-electron chi connectivity index (χ0n) is 13.3. The SMILES string of the molecule is CC(C)(C)OC(=O)NC1CCC(CC2(C(=O)O)CC2)CC1. The highest BCUT2D eigenvalue weighted by Crippen LogP contribution is 2.52. The number of nitrogens with one attached hydrogen (secondary N) is 1. The fraction of sp³-hybridized carbons (Fsp3) is 0.875. The molecular formula is C16H27NO4. The lowest BCUT2D eigenvalue weighted by Gasteiger charge is -2.31. The van der Waals surface area contributed by atoms with Crippen LogP contribution in [0.1, 0.15) is 65.7 Å². The van der Waals surface area contributed by atoms with Gasteiger partial charge in [-0.1, -0.05) is 0 Å². The maximum Gasteiger partial charge on any atom is 0.407 e. The number of carboxylic acids is 1. The fourth-order valence-corrected chi connectivity index (χ4v) is 3.19. The Morgan fingerprint density at radius 3 is 2.19 bits per heavy atom. The van der Waals surface area contributed by atoms with Gasteiger partial charge in [-0.25, -0.2) is 4.79 Å². The van der Waals surface area contributed by atoms with Crippen LogP contribution in [-0.2, 0) is 9.53 Å². The van der Waals surface area contributed by atoms with E-state index >= 15 is 0 Å². The van der Waals surface area contributed by atoms with Gasteiger partial charge in [0.05, 0.1) is 5.41 Å². The highest BCUT2D eigenvalue weighted by Gasteiger charge is 2.51. The molecule has 0 heterocycles. The van der Waals surface area contributed by atoms with Crippen LogP contribution in [0.2, 0.25) is 0 Å². The molecule has 2 N–H and O–H groups in total. The summed E-state index contributed by atoms with van der Waals surface area (Å²) in [5.74, 6) is -0.142. The van der Waals surface area contributed by atoms with Crippen molar-refractivity contribution in [3.8, 4) is 0 Å². The average Bonchev–Trinajstić information content (AvgIpc) is 3.10. The number of amides is 1. The van der Waals surface area contributed by atoms with E-state index in [1.54, 1.807) is 0 Å². The summed E-state index contributed by atoms with van der Waals surface area (Å²) < 4.78 is 5.26. The van der Waals surface area contributed by atoms with Crippen LogP contribution in [0.4, 0.5) is 4.79 Å². The van der Waals surface area contributed by atoms with Crippen LogP contribution < -0.4 is 5.32 Å². The molecule has 0 saturated heterocycles. The minimum absolute atomic E-state index is 0.163. The third-order valence-electron chi connectivity index (χ3n) is 4.55. The molecule has 1 amide bonds. The van der Waals surface area contributed by atoms with Gasteiger partial charge in [-0.05, 0) is 71.6 Å². The Labute approximate surface area is 126 Å². The smallest absolute Gasteiger partial charge is 0.407 e. The second-order valence-electron chi connectivity index (χ2n) is 7.65. The first-order valence-corrected chi connectivity index (χ1v) is 7.93. The molecule has 0 atom stereocenters. The van der Waals surface area contributed by atoms with Crippen LogP contribution in [0.25, 0.3) is 0 Å². The van der Waals surface area contributed by atoms with E-state index in [9.17, 15) is 14.7 Å². The molecule has 2 rings (SSSR count). The number of ether oxygens (including phenoxy) is 1. The van der Waals surface area contributed by atoms with Crippen LogP contribution in [0.5, 0.6) is 0 Å². The van der Waals surface area contributed by atoms with E-state index in [1.807, 2.05) is 20.8 Å². The number of carbonyl (C=O) groups excluding carboxylic acids is 1. The Hall–Kier alpha value is -1.26. The van der Waals surface area contributed by atoms with E-state index in [0.717, 1.165) is 44.9 Å². The minimum atomic E-state index is -0.628. The van der Waals surface area contributed by atoms with Crippen molar-refractivity contribution in [3.63, 3.8) is 0 Å². The van der Waals surface area contributed by atoms with E-state index in [4.69, 9.17) is 4.74 Å². The number of carboxylic acid groups (broad SMARTS) is 1. The van der Waals surface area contributed by atoms with Crippen molar-refractivity contribution in [3.05, 3.63) is 0 Å². The molecule has 0 aliphatic heterocycles. The van der Waals surface area contributed by atoms with Gasteiger partial charge in [0.1, 0.15) is 5.60 Å². The van der Waals surface area contributed by atoms with Crippen molar-refractivity contribution in [2.24, 2.45) is 11.3 Å². The van der Waals surface area contributed by atoms with Crippen LogP contribution >= 0.6 is 0 Å². The van der Waals surface area contributed by atoms with Gasteiger partial charge in [0, 0.05) is 6.04 Å². The lowest BCUT2D eigenvalue weighted by Crippen LogP contribution is -2.41. The number of carbonyl (C=O) groups is 2. The van der Waals surface area contributed by atoms with E-state index in [1.165, 1.54) is 0 Å². The summed E-state index contributed by atoms with van der Waals surface area (Å²) in [6.45, 7) is 5.55. The predicted molar refractivity (Wildman–Crippen MR) is 79.0 cm³/mol. The lowest BCUT2D eigenvalue weighted by atomic mass is 9.79. The van der Waals surface area contributed by atoms with Gasteiger partial charge in [0.2, 0.25) is 0 Å². The molecule has 0 bridgehead atoms. The largest absolute Gasteiger partial charge is 0.481 e. The second kappa shape index (κ2) is 5.85. The molecule has 5 heteroatoms. The first-order valence-electron chi connectivity index (χ1n) is 7.93. The maximum absolute atomic E-state index is 11.7. The Morgan fingerprint density at radius 1 is 1.19 bits per heavy atom. The van der Waals surface area contributed by atoms with Crippen molar-refractivity contribution in [1.82, 2.24) is 5.32 Å². The minimum Gasteiger partial charge on any atom is -0.481 e. The molecule has 0 unspecified atom stereocenters. The summed E-state index contributed by atoms with van der Waals surface area (Å²) in [7, 11) is 0. The van der Waals surface area contributed by atoms with Gasteiger partial charge in [0.25, 0.3) is 0 Å². The Morgan fingerprint density at radius 2 is 1.76 bits per heavy atom. The molecule has 120 valence electrons. The maximum atomic E-state index is 11.7. The highest BCUT2D eigenvalue weighted by molar-refractivity contribution is 5.77. The van der Waals surface area contributed by atoms with Crippen molar-refractivity contribution >= 4 is 12.1 Å². The van der Waals surface area contributed by atoms with Crippen molar-refractivity contribution in [2.75, 3.05) is 0 Å². The van der Waals surface area contributed by atoms with Gasteiger partial charge in [-0.3, -0.25) is 4.79 Å². The fourth-order valence-electron chi connectivity index (χ4n) is 3.19. The first-order chi connectivity index (χ1) is 9.70. The first kappa shape index (κ1) is 16.1. The van der Waals surface area contributed by atoms with Crippen LogP contribution in [0.3, 0.4) is 0 Å². The average molecular weight is 297 g/mol. The summed E-state index contributed by atoms with van der Waals surface area (Å²) in [5.41, 5.74) is -0.892. The molecular weight excluding hydrogens is 270 g/mol. The Balaban J connectivity index is 1.71. The molecule has 0 aromatic carbocycles. The normalized spacial score (nSPS) is 27.8. The molecule has 5 nitrogen and oxygen atoms in total. The van der Waals surface area contributed by atoms with Gasteiger partial charge >= 0.3 is 12.1 Å². The molecule has 0 spiro atoms. The van der Waals surface area contributed by atoms with Crippen LogP contribution in [0, 0.1) is 11.3 Å². The van der Waals surface area contributed by atoms with E-state index in [0.29, 0.717) is 5.92 Å². The Kier molecular flexibility index (Phi) is 4.49. The summed E-state index contributed by atoms with van der Waals surface area (Å²) in [4.78, 5) is 23.0. The van der Waals surface area contributed by atoms with Crippen molar-refractivity contribution in [2.45, 2.75) is 77.4 Å². The van der Waals surface area contributed by atoms with E-state index in [-0.39, 0.29) is 12.1 Å². The number of hydrogen-bond donors (Lipinski definition) is 2. The molecule has 0 aromatic heterocycles. The quantitative estimate of drug-likeness (QED) is 0.834. The number of hydrogen-bond acceptors (Lipinski definition) is 3. The molecule has 0 radical (unpaired) electrons. The third-order valence-corrected chi connectivity index (χ3v) is 4.55. The number of rotatable bonds is 4. The van der Waals surface area contributed by atoms with Gasteiger partial charge in [0.15, 0.2) is 0 Å². The molecule has 2 fully saturated rings. The number of aliphatic carboxylic acids is 1. The summed E-state index contributed by atoms with van der Waals surface area (Å²) >= 11 is 0. The van der Waals surface area contributed by atoms with Gasteiger partial charge < -0.3 is 15.2 Å². The Bertz CT molecular complexity index is 401. The predicted octanol–water partition coefficient (Wildman–Crippen LogP) is 3.32. The van der Waals surface area contributed by atoms with Crippen LogP contribution in [0.15, 0.2) is 0 Å². The standard InChI is InChI=1S/C16H27NO4/c1-15(2,3)21-14(20)17-12-6-4-11(5-7-12)10-16(8-9-16)13(18)19/h11-12H,4-10H2,1-3H3,(H,17,20)(H,18,19). The topological polar surface area (TPSA) is 75.6 Å². The summed E-state index contributed by atoms with van der Waals surface area (Å²) in [6, 6.07) is 0.163. The zero-order chi connectivity index (χ0) is 15.7. The molecule has 2 aliphatic rings.